The molecule has 0 amide bonds. The molecule has 0 aromatic carbocycles. The van der Waals surface area contributed by atoms with E-state index >= 15 is 0 Å². The van der Waals surface area contributed by atoms with Gasteiger partial charge in [0.2, 0.25) is 0 Å². The van der Waals surface area contributed by atoms with Crippen LogP contribution in [-0.2, 0) is 0 Å². The van der Waals surface area contributed by atoms with Gasteiger partial charge in [0.1, 0.15) is 0 Å². The molecule has 0 aliphatic carbocycles. The number of aliphatic hydroxyl groups is 1. The molecule has 1 heterocycles. The normalized spacial score (nSPS) is 24.2. The summed E-state index contributed by atoms with van der Waals surface area (Å²) < 4.78 is 0. The van der Waals surface area contributed by atoms with Gasteiger partial charge in [-0.1, -0.05) is 13.8 Å². The van der Waals surface area contributed by atoms with Crippen molar-refractivity contribution in [3.63, 3.8) is 0 Å². The Bertz CT molecular complexity index is 119. The predicted octanol–water partition coefficient (Wildman–Crippen LogP) is 1.49. The van der Waals surface area contributed by atoms with Gasteiger partial charge >= 0.3 is 0 Å². The summed E-state index contributed by atoms with van der Waals surface area (Å²) in [6.07, 6.45) is 3.37. The first-order valence-corrected chi connectivity index (χ1v) is 5.12. The van der Waals surface area contributed by atoms with Gasteiger partial charge in [-0.05, 0) is 38.3 Å². The Hall–Kier alpha value is -0.0800. The zero-order valence-corrected chi connectivity index (χ0v) is 8.29. The lowest BCUT2D eigenvalue weighted by molar-refractivity contribution is 0.0891. The lowest BCUT2D eigenvalue weighted by Crippen LogP contribution is -2.38. The highest BCUT2D eigenvalue weighted by molar-refractivity contribution is 4.71. The first-order chi connectivity index (χ1) is 5.72. The number of hydrogen-bond acceptors (Lipinski definition) is 2. The van der Waals surface area contributed by atoms with Crippen molar-refractivity contribution in [3.05, 3.63) is 0 Å². The van der Waals surface area contributed by atoms with Gasteiger partial charge in [-0.2, -0.15) is 0 Å². The molecule has 0 bridgehead atoms. The molecule has 1 atom stereocenters. The van der Waals surface area contributed by atoms with Crippen molar-refractivity contribution in [2.24, 2.45) is 5.92 Å². The van der Waals surface area contributed by atoms with Crippen molar-refractivity contribution in [1.82, 2.24) is 4.90 Å². The molecule has 2 heteroatoms. The van der Waals surface area contributed by atoms with Gasteiger partial charge < -0.3 is 10.0 Å². The SMILES string of the molecule is CCC(O)CN1CCC(C)CC1. The molecule has 0 radical (unpaired) electrons. The van der Waals surface area contributed by atoms with Crippen LogP contribution in [0.4, 0.5) is 0 Å². The van der Waals surface area contributed by atoms with Crippen LogP contribution in [0.15, 0.2) is 0 Å². The molecule has 2 nitrogen and oxygen atoms in total. The molecular weight excluding hydrogens is 150 g/mol. The van der Waals surface area contributed by atoms with Crippen molar-refractivity contribution in [1.29, 1.82) is 0 Å². The predicted molar refractivity (Wildman–Crippen MR) is 51.1 cm³/mol. The average molecular weight is 171 g/mol. The zero-order chi connectivity index (χ0) is 8.97. The zero-order valence-electron chi connectivity index (χ0n) is 8.29. The maximum Gasteiger partial charge on any atom is 0.0664 e. The first-order valence-electron chi connectivity index (χ1n) is 5.12. The maximum atomic E-state index is 9.43. The number of hydrogen-bond donors (Lipinski definition) is 1. The van der Waals surface area contributed by atoms with Gasteiger partial charge in [0, 0.05) is 6.54 Å². The smallest absolute Gasteiger partial charge is 0.0664 e. The minimum Gasteiger partial charge on any atom is -0.392 e. The fourth-order valence-electron chi connectivity index (χ4n) is 1.67. The Balaban J connectivity index is 2.17. The monoisotopic (exact) mass is 171 g/mol. The Morgan fingerprint density at radius 3 is 2.50 bits per heavy atom. The summed E-state index contributed by atoms with van der Waals surface area (Å²) in [5.74, 6) is 0.889. The third-order valence-corrected chi connectivity index (χ3v) is 2.82. The van der Waals surface area contributed by atoms with Gasteiger partial charge in [0.25, 0.3) is 0 Å². The lowest BCUT2D eigenvalue weighted by Gasteiger charge is -2.31. The van der Waals surface area contributed by atoms with Crippen LogP contribution in [0, 0.1) is 5.92 Å². The number of likely N-dealkylation sites (tertiary alicyclic amines) is 1. The summed E-state index contributed by atoms with van der Waals surface area (Å²) in [6, 6.07) is 0. The van der Waals surface area contributed by atoms with E-state index < -0.39 is 0 Å². The average Bonchev–Trinajstić information content (AvgIpc) is 2.09. The molecule has 1 aliphatic rings. The van der Waals surface area contributed by atoms with Crippen LogP contribution in [0.25, 0.3) is 0 Å². The van der Waals surface area contributed by atoms with Crippen LogP contribution in [0.2, 0.25) is 0 Å². The minimum absolute atomic E-state index is 0.113. The van der Waals surface area contributed by atoms with E-state index in [-0.39, 0.29) is 6.10 Å². The Kier molecular flexibility index (Phi) is 4.02. The number of nitrogens with zero attached hydrogens (tertiary/aromatic N) is 1. The van der Waals surface area contributed by atoms with Gasteiger partial charge in [-0.25, -0.2) is 0 Å². The lowest BCUT2D eigenvalue weighted by atomic mass is 9.99. The fraction of sp³-hybridized carbons (Fsp3) is 1.00. The van der Waals surface area contributed by atoms with E-state index in [1.54, 1.807) is 0 Å². The summed E-state index contributed by atoms with van der Waals surface area (Å²) >= 11 is 0. The van der Waals surface area contributed by atoms with Crippen LogP contribution in [0.1, 0.15) is 33.1 Å². The molecule has 0 aromatic heterocycles. The second-order valence-corrected chi connectivity index (χ2v) is 4.05. The number of β-amino-alcohol motifs (C(OH)–C–C–N with tert-alkyl or cyclic N) is 1. The largest absolute Gasteiger partial charge is 0.392 e. The number of rotatable bonds is 3. The van der Waals surface area contributed by atoms with Crippen LogP contribution < -0.4 is 0 Å². The molecule has 1 unspecified atom stereocenters. The van der Waals surface area contributed by atoms with Crippen molar-refractivity contribution < 1.29 is 5.11 Å². The maximum absolute atomic E-state index is 9.43. The van der Waals surface area contributed by atoms with Crippen molar-refractivity contribution in [2.75, 3.05) is 19.6 Å². The highest BCUT2D eigenvalue weighted by atomic mass is 16.3. The van der Waals surface area contributed by atoms with Crippen molar-refractivity contribution >= 4 is 0 Å². The molecule has 0 aromatic rings. The van der Waals surface area contributed by atoms with Crippen LogP contribution in [0.3, 0.4) is 0 Å². The van der Waals surface area contributed by atoms with E-state index in [0.717, 1.165) is 18.9 Å². The van der Waals surface area contributed by atoms with Crippen molar-refractivity contribution in [3.8, 4) is 0 Å². The van der Waals surface area contributed by atoms with E-state index in [0.29, 0.717) is 0 Å². The molecule has 1 rings (SSSR count). The molecule has 72 valence electrons. The molecule has 0 saturated carbocycles. The summed E-state index contributed by atoms with van der Waals surface area (Å²) in [6.45, 7) is 7.59. The van der Waals surface area contributed by atoms with E-state index in [4.69, 9.17) is 0 Å². The van der Waals surface area contributed by atoms with Crippen molar-refractivity contribution in [2.45, 2.75) is 39.2 Å². The third kappa shape index (κ3) is 3.11. The summed E-state index contributed by atoms with van der Waals surface area (Å²) in [7, 11) is 0. The highest BCUT2D eigenvalue weighted by Crippen LogP contribution is 2.16. The highest BCUT2D eigenvalue weighted by Gasteiger charge is 2.17. The molecule has 1 fully saturated rings. The molecule has 12 heavy (non-hydrogen) atoms. The fourth-order valence-corrected chi connectivity index (χ4v) is 1.67. The van der Waals surface area contributed by atoms with E-state index in [1.807, 2.05) is 6.92 Å². The first kappa shape index (κ1) is 10.0. The number of piperidine rings is 1. The van der Waals surface area contributed by atoms with E-state index in [9.17, 15) is 5.11 Å². The van der Waals surface area contributed by atoms with Gasteiger partial charge in [0.15, 0.2) is 0 Å². The topological polar surface area (TPSA) is 23.5 Å². The molecular formula is C10H21NO. The summed E-state index contributed by atoms with van der Waals surface area (Å²) in [5.41, 5.74) is 0. The van der Waals surface area contributed by atoms with Gasteiger partial charge in [-0.3, -0.25) is 0 Å². The third-order valence-electron chi connectivity index (χ3n) is 2.82. The van der Waals surface area contributed by atoms with E-state index in [2.05, 4.69) is 11.8 Å². The summed E-state index contributed by atoms with van der Waals surface area (Å²) in [5, 5.41) is 9.43. The van der Waals surface area contributed by atoms with Crippen LogP contribution in [-0.4, -0.2) is 35.7 Å². The van der Waals surface area contributed by atoms with Gasteiger partial charge in [-0.15, -0.1) is 0 Å². The number of aliphatic hydroxyl groups excluding tert-OH is 1. The summed E-state index contributed by atoms with van der Waals surface area (Å²) in [4.78, 5) is 2.38. The Labute approximate surface area is 75.6 Å². The second-order valence-electron chi connectivity index (χ2n) is 4.05. The van der Waals surface area contributed by atoms with Crippen LogP contribution in [0.5, 0.6) is 0 Å². The molecule has 0 spiro atoms. The minimum atomic E-state index is -0.113. The molecule has 1 aliphatic heterocycles. The standard InChI is InChI=1S/C10H21NO/c1-3-10(12)8-11-6-4-9(2)5-7-11/h9-10,12H,3-8H2,1-2H3. The molecule has 1 saturated heterocycles. The second kappa shape index (κ2) is 4.83. The van der Waals surface area contributed by atoms with E-state index in [1.165, 1.54) is 25.9 Å². The Morgan fingerprint density at radius 1 is 1.42 bits per heavy atom. The van der Waals surface area contributed by atoms with Gasteiger partial charge in [0.05, 0.1) is 6.10 Å². The molecule has 1 N–H and O–H groups in total. The Morgan fingerprint density at radius 2 is 2.00 bits per heavy atom. The quantitative estimate of drug-likeness (QED) is 0.695. The van der Waals surface area contributed by atoms with Crippen LogP contribution >= 0.6 is 0 Å².